The van der Waals surface area contributed by atoms with Crippen LogP contribution in [0.4, 0.5) is 10.1 Å². The molecular formula is C14H12BrFN2O. The van der Waals surface area contributed by atoms with Crippen LogP contribution in [0.2, 0.25) is 0 Å². The van der Waals surface area contributed by atoms with E-state index in [9.17, 15) is 4.39 Å². The zero-order valence-electron chi connectivity index (χ0n) is 10.1. The predicted molar refractivity (Wildman–Crippen MR) is 74.9 cm³/mol. The third-order valence-electron chi connectivity index (χ3n) is 3.03. The van der Waals surface area contributed by atoms with Crippen molar-refractivity contribution in [3.05, 3.63) is 52.0 Å². The fraction of sp³-hybridized carbons (Fsp3) is 0.214. The Morgan fingerprint density at radius 1 is 1.37 bits per heavy atom. The first-order valence-corrected chi connectivity index (χ1v) is 6.81. The van der Waals surface area contributed by atoms with Crippen LogP contribution in [-0.2, 0) is 13.0 Å². The topological polar surface area (TPSA) is 34.1 Å². The predicted octanol–water partition coefficient (Wildman–Crippen LogP) is 3.53. The quantitative estimate of drug-likeness (QED) is 0.878. The van der Waals surface area contributed by atoms with Gasteiger partial charge in [0.2, 0.25) is 5.95 Å². The van der Waals surface area contributed by atoms with Crippen LogP contribution in [-0.4, -0.2) is 11.6 Å². The Kier molecular flexibility index (Phi) is 3.38. The van der Waals surface area contributed by atoms with Crippen molar-refractivity contribution in [2.45, 2.75) is 13.0 Å². The Morgan fingerprint density at radius 2 is 2.26 bits per heavy atom. The summed E-state index contributed by atoms with van der Waals surface area (Å²) in [5.41, 5.74) is 2.99. The molecule has 2 aromatic rings. The van der Waals surface area contributed by atoms with E-state index in [0.717, 1.165) is 28.8 Å². The van der Waals surface area contributed by atoms with Gasteiger partial charge in [0.25, 0.3) is 0 Å². The van der Waals surface area contributed by atoms with Gasteiger partial charge in [0.1, 0.15) is 5.75 Å². The van der Waals surface area contributed by atoms with Gasteiger partial charge in [-0.2, -0.15) is 4.39 Å². The molecule has 3 rings (SSSR count). The number of nitrogens with one attached hydrogen (secondary N) is 1. The number of benzene rings is 1. The zero-order chi connectivity index (χ0) is 13.2. The van der Waals surface area contributed by atoms with Crippen LogP contribution >= 0.6 is 15.9 Å². The van der Waals surface area contributed by atoms with Crippen molar-refractivity contribution >= 4 is 21.6 Å². The van der Waals surface area contributed by atoms with Crippen molar-refractivity contribution in [1.29, 1.82) is 0 Å². The fourth-order valence-electron chi connectivity index (χ4n) is 2.19. The monoisotopic (exact) mass is 322 g/mol. The lowest BCUT2D eigenvalue weighted by atomic mass is 10.1. The molecule has 0 saturated heterocycles. The van der Waals surface area contributed by atoms with Gasteiger partial charge in [-0.25, -0.2) is 4.98 Å². The number of hydrogen-bond acceptors (Lipinski definition) is 3. The molecule has 0 atom stereocenters. The molecule has 1 N–H and O–H groups in total. The van der Waals surface area contributed by atoms with E-state index >= 15 is 0 Å². The summed E-state index contributed by atoms with van der Waals surface area (Å²) in [6.07, 6.45) is 2.38. The molecule has 1 aliphatic rings. The second kappa shape index (κ2) is 5.17. The smallest absolute Gasteiger partial charge is 0.214 e. The Hall–Kier alpha value is -1.62. The molecule has 19 heavy (non-hydrogen) atoms. The number of halogens is 2. The van der Waals surface area contributed by atoms with Gasteiger partial charge in [0, 0.05) is 41.0 Å². The standard InChI is InChI=1S/C14H12BrFN2O/c15-11-5-9-2-4-19-14(9)10(6-11)8-18-12-1-3-17-13(16)7-12/h1,3,5-7H,2,4,8H2,(H,17,18). The first-order valence-electron chi connectivity index (χ1n) is 6.02. The maximum absolute atomic E-state index is 13.0. The Bertz CT molecular complexity index is 618. The Morgan fingerprint density at radius 3 is 3.11 bits per heavy atom. The highest BCUT2D eigenvalue weighted by atomic mass is 79.9. The van der Waals surface area contributed by atoms with Gasteiger partial charge < -0.3 is 10.1 Å². The van der Waals surface area contributed by atoms with Crippen molar-refractivity contribution in [3.63, 3.8) is 0 Å². The molecule has 2 heterocycles. The number of fused-ring (bicyclic) bond motifs is 1. The Balaban J connectivity index is 1.81. The lowest BCUT2D eigenvalue weighted by molar-refractivity contribution is 0.354. The number of nitrogens with zero attached hydrogens (tertiary/aromatic N) is 1. The molecule has 0 saturated carbocycles. The van der Waals surface area contributed by atoms with Crippen LogP contribution in [0.5, 0.6) is 5.75 Å². The average molecular weight is 323 g/mol. The SMILES string of the molecule is Fc1cc(NCc2cc(Br)cc3c2OCC3)ccn1. The summed E-state index contributed by atoms with van der Waals surface area (Å²) in [5.74, 6) is 0.464. The third-order valence-corrected chi connectivity index (χ3v) is 3.49. The van der Waals surface area contributed by atoms with E-state index in [-0.39, 0.29) is 0 Å². The highest BCUT2D eigenvalue weighted by Gasteiger charge is 2.17. The van der Waals surface area contributed by atoms with Gasteiger partial charge in [-0.3, -0.25) is 0 Å². The normalized spacial score (nSPS) is 12.9. The second-order valence-electron chi connectivity index (χ2n) is 4.37. The maximum atomic E-state index is 13.0. The minimum atomic E-state index is -0.485. The van der Waals surface area contributed by atoms with Crippen LogP contribution < -0.4 is 10.1 Å². The Labute approximate surface area is 118 Å². The summed E-state index contributed by atoms with van der Waals surface area (Å²) in [6.45, 7) is 1.31. The number of aromatic nitrogens is 1. The molecule has 0 radical (unpaired) electrons. The van der Waals surface area contributed by atoms with Gasteiger partial charge in [0.15, 0.2) is 0 Å². The summed E-state index contributed by atoms with van der Waals surface area (Å²) < 4.78 is 19.7. The fourth-order valence-corrected chi connectivity index (χ4v) is 2.74. The molecule has 0 spiro atoms. The molecule has 0 amide bonds. The number of anilines is 1. The van der Waals surface area contributed by atoms with Gasteiger partial charge >= 0.3 is 0 Å². The van der Waals surface area contributed by atoms with Gasteiger partial charge in [-0.15, -0.1) is 0 Å². The second-order valence-corrected chi connectivity index (χ2v) is 5.29. The minimum absolute atomic E-state index is 0.485. The third kappa shape index (κ3) is 2.71. The van der Waals surface area contributed by atoms with E-state index in [1.165, 1.54) is 17.8 Å². The first-order chi connectivity index (χ1) is 9.22. The maximum Gasteiger partial charge on any atom is 0.214 e. The summed E-state index contributed by atoms with van der Waals surface area (Å²) >= 11 is 3.50. The van der Waals surface area contributed by atoms with Gasteiger partial charge in [-0.05, 0) is 23.8 Å². The summed E-state index contributed by atoms with van der Waals surface area (Å²) in [6, 6.07) is 7.22. The molecule has 0 bridgehead atoms. The van der Waals surface area contributed by atoms with Gasteiger partial charge in [-0.1, -0.05) is 15.9 Å². The molecule has 1 aromatic heterocycles. The molecule has 98 valence electrons. The van der Waals surface area contributed by atoms with Crippen molar-refractivity contribution in [2.24, 2.45) is 0 Å². The molecular weight excluding hydrogens is 311 g/mol. The van der Waals surface area contributed by atoms with Crippen LogP contribution in [0, 0.1) is 5.95 Å². The molecule has 0 aliphatic carbocycles. The molecule has 1 aromatic carbocycles. The summed E-state index contributed by atoms with van der Waals surface area (Å²) in [4.78, 5) is 3.53. The number of pyridine rings is 1. The lowest BCUT2D eigenvalue weighted by Crippen LogP contribution is -2.02. The summed E-state index contributed by atoms with van der Waals surface area (Å²) in [5, 5.41) is 3.18. The van der Waals surface area contributed by atoms with E-state index in [1.807, 2.05) is 6.07 Å². The van der Waals surface area contributed by atoms with E-state index in [0.29, 0.717) is 12.2 Å². The highest BCUT2D eigenvalue weighted by molar-refractivity contribution is 9.10. The minimum Gasteiger partial charge on any atom is -0.493 e. The van der Waals surface area contributed by atoms with Crippen molar-refractivity contribution in [1.82, 2.24) is 4.98 Å². The van der Waals surface area contributed by atoms with E-state index in [2.05, 4.69) is 32.3 Å². The van der Waals surface area contributed by atoms with Crippen LogP contribution in [0.3, 0.4) is 0 Å². The summed E-state index contributed by atoms with van der Waals surface area (Å²) in [7, 11) is 0. The molecule has 1 aliphatic heterocycles. The zero-order valence-corrected chi connectivity index (χ0v) is 11.7. The molecule has 3 nitrogen and oxygen atoms in total. The molecule has 0 unspecified atom stereocenters. The van der Waals surface area contributed by atoms with Crippen molar-refractivity contribution in [2.75, 3.05) is 11.9 Å². The average Bonchev–Trinajstić information content (AvgIpc) is 2.84. The van der Waals surface area contributed by atoms with E-state index in [1.54, 1.807) is 6.07 Å². The number of hydrogen-bond donors (Lipinski definition) is 1. The first kappa shape index (κ1) is 12.4. The number of ether oxygens (including phenoxy) is 1. The molecule has 0 fully saturated rings. The molecule has 5 heteroatoms. The van der Waals surface area contributed by atoms with E-state index < -0.39 is 5.95 Å². The van der Waals surface area contributed by atoms with E-state index in [4.69, 9.17) is 4.74 Å². The van der Waals surface area contributed by atoms with Crippen molar-refractivity contribution < 1.29 is 9.13 Å². The highest BCUT2D eigenvalue weighted by Crippen LogP contribution is 2.33. The lowest BCUT2D eigenvalue weighted by Gasteiger charge is -2.11. The largest absolute Gasteiger partial charge is 0.493 e. The number of rotatable bonds is 3. The van der Waals surface area contributed by atoms with Crippen LogP contribution in [0.1, 0.15) is 11.1 Å². The van der Waals surface area contributed by atoms with Crippen LogP contribution in [0.15, 0.2) is 34.9 Å². The van der Waals surface area contributed by atoms with Crippen molar-refractivity contribution in [3.8, 4) is 5.75 Å². The van der Waals surface area contributed by atoms with Gasteiger partial charge in [0.05, 0.1) is 6.61 Å². The van der Waals surface area contributed by atoms with Crippen LogP contribution in [0.25, 0.3) is 0 Å².